The first-order chi connectivity index (χ1) is 34.4. The zero-order valence-electron chi connectivity index (χ0n) is 40.5. The molecule has 2 unspecified atom stereocenters. The molecule has 4 heterocycles. The molecule has 24 heteroatoms. The Morgan fingerprint density at radius 2 is 1.60 bits per heavy atom. The van der Waals surface area contributed by atoms with Crippen LogP contribution in [0.5, 0.6) is 0 Å². The highest BCUT2D eigenvalue weighted by atomic mass is 19.1. The number of likely N-dealkylation sites (tertiary alicyclic amines) is 1. The van der Waals surface area contributed by atoms with E-state index in [1.807, 2.05) is 13.8 Å². The number of carboxylic acid groups (broad SMARTS) is 1. The number of fused-ring (bicyclic) bond motifs is 1. The number of primary amides is 1. The third-order valence-corrected chi connectivity index (χ3v) is 12.5. The van der Waals surface area contributed by atoms with E-state index >= 15 is 4.39 Å². The van der Waals surface area contributed by atoms with Crippen LogP contribution in [0.3, 0.4) is 0 Å². The molecule has 6 rings (SSSR count). The largest absolute Gasteiger partial charge is 0.477 e. The third kappa shape index (κ3) is 13.9. The molecule has 8 amide bonds. The topological polar surface area (TPSA) is 303 Å². The first-order valence-corrected chi connectivity index (χ1v) is 23.9. The quantitative estimate of drug-likeness (QED) is 0.0460. The summed E-state index contributed by atoms with van der Waals surface area (Å²) in [5.41, 5.74) is 6.07. The number of benzene rings is 2. The van der Waals surface area contributed by atoms with Crippen LogP contribution >= 0.6 is 0 Å². The molecular formula is C48H61FN12O11. The number of aromatic nitrogens is 4. The van der Waals surface area contributed by atoms with E-state index in [1.54, 1.807) is 46.9 Å². The molecule has 0 bridgehead atoms. The smallest absolute Gasteiger partial charge is 0.410 e. The lowest BCUT2D eigenvalue weighted by Crippen LogP contribution is -2.49. The number of amides is 8. The van der Waals surface area contributed by atoms with Gasteiger partial charge in [0, 0.05) is 82.3 Å². The molecule has 0 saturated carbocycles. The molecule has 2 atom stereocenters. The molecule has 72 heavy (non-hydrogen) atoms. The molecule has 2 aromatic heterocycles. The molecular weight excluding hydrogens is 940 g/mol. The average Bonchev–Trinajstić information content (AvgIpc) is 3.96. The van der Waals surface area contributed by atoms with Gasteiger partial charge in [0.25, 0.3) is 0 Å². The van der Waals surface area contributed by atoms with E-state index in [2.05, 4.69) is 31.6 Å². The summed E-state index contributed by atoms with van der Waals surface area (Å²) in [7, 11) is 0. The van der Waals surface area contributed by atoms with Crippen molar-refractivity contribution in [1.82, 2.24) is 45.3 Å². The van der Waals surface area contributed by atoms with Gasteiger partial charge in [-0.1, -0.05) is 37.6 Å². The van der Waals surface area contributed by atoms with Crippen LogP contribution in [-0.4, -0.2) is 128 Å². The minimum Gasteiger partial charge on any atom is -0.477 e. The Labute approximate surface area is 413 Å². The second kappa shape index (κ2) is 24.8. The lowest BCUT2D eigenvalue weighted by molar-refractivity contribution is -0.138. The number of aryl methyl sites for hydroxylation is 1. The van der Waals surface area contributed by atoms with Gasteiger partial charge in [-0.05, 0) is 68.4 Å². The summed E-state index contributed by atoms with van der Waals surface area (Å²) in [4.78, 5) is 116. The maximum absolute atomic E-state index is 15.4. The number of pyridine rings is 1. The summed E-state index contributed by atoms with van der Waals surface area (Å²) in [6.45, 7) is 7.00. The van der Waals surface area contributed by atoms with Crippen molar-refractivity contribution in [3.63, 3.8) is 0 Å². The number of unbranched alkanes of at least 4 members (excludes halogenated alkanes) is 2. The van der Waals surface area contributed by atoms with Crippen molar-refractivity contribution in [1.29, 1.82) is 0 Å². The number of carboxylic acids is 1. The standard InChI is InChI=1S/C48H61FN12O11/c1-4-57-26-33(46(68)69)44(66)32-23-34(49)38(24-37(32)57)58-19-21-59(22-20-58)48(71)72-28-30-11-13-31(14-12-30)53-45(67)36(9-8-17-51-47(50)70)61-27-35(55-56-61)43(29(2)3)54-40(63)25-52-39(62)10-6-5-7-18-60-41(64)15-16-42(60)65/h11-14,23-24,26-27,29,36,43H,4-10,15-22,25,28H2,1-3H3,(H,52,62)(H,53,67)(H,54,63)(H,68,69)(H3,50,51,70). The number of ether oxygens (including phenoxy) is 1. The first-order valence-electron chi connectivity index (χ1n) is 23.9. The highest BCUT2D eigenvalue weighted by molar-refractivity contribution is 6.02. The van der Waals surface area contributed by atoms with Crippen LogP contribution in [-0.2, 0) is 41.9 Å². The summed E-state index contributed by atoms with van der Waals surface area (Å²) < 4.78 is 23.9. The van der Waals surface area contributed by atoms with Crippen molar-refractivity contribution in [3.05, 3.63) is 81.7 Å². The highest BCUT2D eigenvalue weighted by Crippen LogP contribution is 2.28. The predicted molar refractivity (Wildman–Crippen MR) is 259 cm³/mol. The Morgan fingerprint density at radius 1 is 0.889 bits per heavy atom. The molecule has 4 aromatic rings. The Kier molecular flexibility index (Phi) is 18.4. The minimum atomic E-state index is -1.39. The molecule has 0 aliphatic carbocycles. The van der Waals surface area contributed by atoms with Gasteiger partial charge in [-0.25, -0.2) is 23.5 Å². The number of nitrogens with one attached hydrogen (secondary N) is 4. The fourth-order valence-electron chi connectivity index (χ4n) is 8.49. The van der Waals surface area contributed by atoms with Gasteiger partial charge in [0.05, 0.1) is 30.0 Å². The molecule has 23 nitrogen and oxygen atoms in total. The maximum atomic E-state index is 15.4. The summed E-state index contributed by atoms with van der Waals surface area (Å²) in [5, 5.41) is 28.8. The highest BCUT2D eigenvalue weighted by Gasteiger charge is 2.30. The Hall–Kier alpha value is -7.92. The fraction of sp³-hybridized carbons (Fsp3) is 0.479. The summed E-state index contributed by atoms with van der Waals surface area (Å²) in [6, 6.07) is 6.97. The van der Waals surface area contributed by atoms with Gasteiger partial charge in [-0.3, -0.25) is 33.7 Å². The Balaban J connectivity index is 0.986. The van der Waals surface area contributed by atoms with Gasteiger partial charge in [0.1, 0.15) is 29.7 Å². The summed E-state index contributed by atoms with van der Waals surface area (Å²) >= 11 is 0. The zero-order valence-corrected chi connectivity index (χ0v) is 40.5. The number of anilines is 2. The lowest BCUT2D eigenvalue weighted by atomic mass is 10.0. The number of halogens is 1. The van der Waals surface area contributed by atoms with Gasteiger partial charge in [-0.15, -0.1) is 5.10 Å². The molecule has 2 aliphatic heterocycles. The molecule has 2 fully saturated rings. The third-order valence-electron chi connectivity index (χ3n) is 12.5. The molecule has 0 spiro atoms. The predicted octanol–water partition coefficient (Wildman–Crippen LogP) is 3.18. The SMILES string of the molecule is CCn1cc(C(=O)O)c(=O)c2cc(F)c(N3CCN(C(=O)OCc4ccc(NC(=O)C(CCCNC(N)=O)n5cc(C(NC(=O)CNC(=O)CCCCCN6C(=O)CCC6=O)C(C)C)nn5)cc4)CC3)cc21. The van der Waals surface area contributed by atoms with Crippen molar-refractivity contribution in [2.45, 2.75) is 97.4 Å². The number of nitrogens with zero attached hydrogens (tertiary/aromatic N) is 7. The van der Waals surface area contributed by atoms with Crippen LogP contribution in [0.4, 0.5) is 25.4 Å². The zero-order chi connectivity index (χ0) is 52.1. The number of carbonyl (C=O) groups excluding carboxylic acids is 7. The first kappa shape index (κ1) is 53.4. The van der Waals surface area contributed by atoms with Gasteiger partial charge >= 0.3 is 18.1 Å². The van der Waals surface area contributed by atoms with Crippen LogP contribution in [0.15, 0.2) is 53.6 Å². The van der Waals surface area contributed by atoms with Crippen LogP contribution in [0.2, 0.25) is 0 Å². The molecule has 2 aromatic carbocycles. The van der Waals surface area contributed by atoms with Crippen molar-refractivity contribution in [2.75, 3.05) is 56.0 Å². The molecule has 0 radical (unpaired) electrons. The number of imide groups is 1. The molecule has 2 saturated heterocycles. The van der Waals surface area contributed by atoms with Crippen LogP contribution in [0.1, 0.15) is 106 Å². The number of aromatic carboxylic acids is 1. The van der Waals surface area contributed by atoms with Gasteiger partial charge < -0.3 is 51.2 Å². The monoisotopic (exact) mass is 1000 g/mol. The van der Waals surface area contributed by atoms with Gasteiger partial charge in [0.2, 0.25) is 35.0 Å². The van der Waals surface area contributed by atoms with Crippen molar-refractivity contribution in [3.8, 4) is 0 Å². The van der Waals surface area contributed by atoms with E-state index in [9.17, 15) is 48.3 Å². The van der Waals surface area contributed by atoms with Crippen molar-refractivity contribution >= 4 is 69.9 Å². The number of rotatable bonds is 23. The van der Waals surface area contributed by atoms with Gasteiger partial charge in [0.15, 0.2) is 0 Å². The molecule has 7 N–H and O–H groups in total. The summed E-state index contributed by atoms with van der Waals surface area (Å²) in [5.74, 6) is -3.83. The Bertz CT molecular complexity index is 2700. The number of piperazine rings is 1. The number of hydrogen-bond donors (Lipinski definition) is 6. The van der Waals surface area contributed by atoms with Crippen molar-refractivity contribution in [2.24, 2.45) is 11.7 Å². The number of carbonyl (C=O) groups is 8. The lowest BCUT2D eigenvalue weighted by Gasteiger charge is -2.35. The van der Waals surface area contributed by atoms with E-state index < -0.39 is 58.8 Å². The second-order valence-electron chi connectivity index (χ2n) is 17.9. The van der Waals surface area contributed by atoms with E-state index in [0.717, 1.165) is 6.07 Å². The number of urea groups is 1. The Morgan fingerprint density at radius 3 is 2.25 bits per heavy atom. The minimum absolute atomic E-state index is 0.0358. The number of hydrogen-bond acceptors (Lipinski definition) is 13. The second-order valence-corrected chi connectivity index (χ2v) is 17.9. The molecule has 386 valence electrons. The van der Waals surface area contributed by atoms with Crippen LogP contribution in [0, 0.1) is 11.7 Å². The van der Waals surface area contributed by atoms with E-state index in [-0.39, 0.29) is 106 Å². The van der Waals surface area contributed by atoms with Crippen molar-refractivity contribution < 1.29 is 52.6 Å². The summed E-state index contributed by atoms with van der Waals surface area (Å²) in [6.07, 6.45) is 5.18. The van der Waals surface area contributed by atoms with Crippen LogP contribution in [0.25, 0.3) is 10.9 Å². The van der Waals surface area contributed by atoms with Gasteiger partial charge in [-0.2, -0.15) is 0 Å². The van der Waals surface area contributed by atoms with E-state index in [1.165, 1.54) is 26.7 Å². The van der Waals surface area contributed by atoms with E-state index in [0.29, 0.717) is 61.2 Å². The van der Waals surface area contributed by atoms with E-state index in [4.69, 9.17) is 10.5 Å². The fourth-order valence-corrected chi connectivity index (χ4v) is 8.49. The normalized spacial score (nSPS) is 14.6. The maximum Gasteiger partial charge on any atom is 0.410 e. The average molecular weight is 1000 g/mol. The molecule has 2 aliphatic rings. The number of nitrogens with two attached hydrogens (primary N) is 1. The van der Waals surface area contributed by atoms with Crippen LogP contribution < -0.4 is 37.3 Å².